The average molecular weight is 240 g/mol. The van der Waals surface area contributed by atoms with Crippen LogP contribution in [0.25, 0.3) is 0 Å². The van der Waals surface area contributed by atoms with Crippen LogP contribution in [0.4, 0.5) is 5.95 Å². The van der Waals surface area contributed by atoms with Gasteiger partial charge in [0.25, 0.3) is 0 Å². The van der Waals surface area contributed by atoms with E-state index in [-0.39, 0.29) is 12.0 Å². The van der Waals surface area contributed by atoms with Crippen molar-refractivity contribution in [3.63, 3.8) is 0 Å². The molecule has 0 spiro atoms. The van der Waals surface area contributed by atoms with Gasteiger partial charge in [-0.05, 0) is 22.2 Å². The second-order valence-corrected chi connectivity index (χ2v) is 3.58. The molecule has 0 saturated carbocycles. The Hall–Kier alpha value is -1.97. The van der Waals surface area contributed by atoms with Crippen molar-refractivity contribution in [3.05, 3.63) is 0 Å². The first-order chi connectivity index (χ1) is 7.69. The molecule has 0 aliphatic rings. The number of nitrogen functional groups attached to an aromatic ring is 1. The van der Waals surface area contributed by atoms with Gasteiger partial charge in [-0.3, -0.25) is 0 Å². The van der Waals surface area contributed by atoms with Crippen LogP contribution in [0.15, 0.2) is 10.3 Å². The quantitative estimate of drug-likeness (QED) is 0.730. The molecule has 84 valence electrons. The van der Waals surface area contributed by atoms with Gasteiger partial charge in [-0.1, -0.05) is 0 Å². The molecule has 0 radical (unpaired) electrons. The number of hydrogen-bond donors (Lipinski definition) is 1. The van der Waals surface area contributed by atoms with Crippen LogP contribution in [-0.2, 0) is 7.05 Å². The summed E-state index contributed by atoms with van der Waals surface area (Å²) in [6.07, 6.45) is 0. The predicted molar refractivity (Wildman–Crippen MR) is 53.7 cm³/mol. The molecule has 0 aromatic carbocycles. The topological polar surface area (TPSA) is 118 Å². The number of nitrogens with two attached hydrogens (primary N) is 1. The summed E-state index contributed by atoms with van der Waals surface area (Å²) < 4.78 is 6.37. The summed E-state index contributed by atoms with van der Waals surface area (Å²) in [5.41, 5.74) is 5.49. The number of aryl methyl sites for hydroxylation is 1. The van der Waals surface area contributed by atoms with Crippen molar-refractivity contribution >= 4 is 17.7 Å². The monoisotopic (exact) mass is 240 g/mol. The molecule has 0 aliphatic heterocycles. The molecule has 0 atom stereocenters. The highest BCUT2D eigenvalue weighted by Gasteiger charge is 2.10. The van der Waals surface area contributed by atoms with Gasteiger partial charge in [0.15, 0.2) is 0 Å². The number of rotatable bonds is 3. The van der Waals surface area contributed by atoms with Crippen molar-refractivity contribution in [2.75, 3.05) is 12.8 Å². The molecule has 2 heterocycles. The summed E-state index contributed by atoms with van der Waals surface area (Å²) in [5.74, 6) is 0.0875. The highest BCUT2D eigenvalue weighted by Crippen LogP contribution is 2.22. The lowest BCUT2D eigenvalue weighted by atomic mass is 10.9. The Kier molecular flexibility index (Phi) is 2.81. The number of aromatic nitrogens is 7. The maximum atomic E-state index is 5.49. The second kappa shape index (κ2) is 4.26. The zero-order chi connectivity index (χ0) is 11.5. The van der Waals surface area contributed by atoms with Crippen LogP contribution in [-0.4, -0.2) is 42.3 Å². The van der Waals surface area contributed by atoms with E-state index in [1.165, 1.54) is 23.6 Å². The molecule has 0 unspecified atom stereocenters. The summed E-state index contributed by atoms with van der Waals surface area (Å²) in [7, 11) is 3.16. The van der Waals surface area contributed by atoms with Crippen molar-refractivity contribution in [2.24, 2.45) is 7.05 Å². The van der Waals surface area contributed by atoms with E-state index in [1.807, 2.05) is 0 Å². The third kappa shape index (κ3) is 2.16. The van der Waals surface area contributed by atoms with Gasteiger partial charge in [0.05, 0.1) is 7.11 Å². The maximum absolute atomic E-state index is 5.49. The van der Waals surface area contributed by atoms with Crippen molar-refractivity contribution in [1.29, 1.82) is 0 Å². The average Bonchev–Trinajstić information content (AvgIpc) is 2.63. The van der Waals surface area contributed by atoms with Gasteiger partial charge in [0, 0.05) is 7.05 Å². The van der Waals surface area contributed by atoms with E-state index >= 15 is 0 Å². The first kappa shape index (κ1) is 10.5. The lowest BCUT2D eigenvalue weighted by molar-refractivity contribution is 0.374. The fourth-order valence-electron chi connectivity index (χ4n) is 0.879. The molecular weight excluding hydrogens is 232 g/mol. The number of tetrazole rings is 1. The molecule has 0 amide bonds. The summed E-state index contributed by atoms with van der Waals surface area (Å²) >= 11 is 1.17. The van der Waals surface area contributed by atoms with Gasteiger partial charge in [-0.15, -0.1) is 5.10 Å². The molecule has 2 aromatic heterocycles. The molecule has 2 rings (SSSR count). The number of methoxy groups -OCH3 is 1. The van der Waals surface area contributed by atoms with E-state index in [0.717, 1.165) is 0 Å². The van der Waals surface area contributed by atoms with Gasteiger partial charge in [-0.25, -0.2) is 4.68 Å². The standard InChI is InChI=1S/C6H8N8OS/c1-14-6(11-12-13-14)16-5-9-3(7)8-4(10-5)15-2/h1-2H3,(H2,7,8,9,10). The Balaban J connectivity index is 2.28. The molecule has 2 N–H and O–H groups in total. The highest BCUT2D eigenvalue weighted by molar-refractivity contribution is 7.99. The van der Waals surface area contributed by atoms with E-state index in [0.29, 0.717) is 10.3 Å². The predicted octanol–water partition coefficient (Wildman–Crippen LogP) is -0.863. The molecule has 2 aromatic rings. The lowest BCUT2D eigenvalue weighted by Gasteiger charge is -2.01. The van der Waals surface area contributed by atoms with Crippen LogP contribution in [0.5, 0.6) is 6.01 Å². The van der Waals surface area contributed by atoms with Gasteiger partial charge < -0.3 is 10.5 Å². The number of hydrogen-bond acceptors (Lipinski definition) is 9. The fraction of sp³-hybridized carbons (Fsp3) is 0.333. The van der Waals surface area contributed by atoms with Crippen LogP contribution >= 0.6 is 11.8 Å². The van der Waals surface area contributed by atoms with E-state index in [2.05, 4.69) is 30.5 Å². The zero-order valence-corrected chi connectivity index (χ0v) is 9.34. The van der Waals surface area contributed by atoms with E-state index in [9.17, 15) is 0 Å². The minimum Gasteiger partial charge on any atom is -0.467 e. The third-order valence-corrected chi connectivity index (χ3v) is 2.45. The molecule has 0 bridgehead atoms. The summed E-state index contributed by atoms with van der Waals surface area (Å²) in [6, 6.07) is 0.158. The summed E-state index contributed by atoms with van der Waals surface area (Å²) in [5, 5.41) is 11.9. The molecule has 16 heavy (non-hydrogen) atoms. The highest BCUT2D eigenvalue weighted by atomic mass is 32.2. The van der Waals surface area contributed by atoms with Crippen LogP contribution < -0.4 is 10.5 Å². The number of anilines is 1. The van der Waals surface area contributed by atoms with Crippen LogP contribution in [0, 0.1) is 0 Å². The van der Waals surface area contributed by atoms with Crippen LogP contribution in [0.3, 0.4) is 0 Å². The molecule has 0 fully saturated rings. The molecule has 10 heteroatoms. The van der Waals surface area contributed by atoms with Crippen LogP contribution in [0.2, 0.25) is 0 Å². The SMILES string of the molecule is COc1nc(N)nc(Sc2nnnn2C)n1. The Labute approximate surface area is 94.4 Å². The number of ether oxygens (including phenoxy) is 1. The van der Waals surface area contributed by atoms with Crippen molar-refractivity contribution in [2.45, 2.75) is 10.3 Å². The Morgan fingerprint density at radius 3 is 2.75 bits per heavy atom. The largest absolute Gasteiger partial charge is 0.467 e. The normalized spacial score (nSPS) is 10.4. The molecular formula is C6H8N8OS. The van der Waals surface area contributed by atoms with E-state index in [4.69, 9.17) is 10.5 Å². The Bertz CT molecular complexity index is 499. The maximum Gasteiger partial charge on any atom is 0.321 e. The molecule has 0 saturated heterocycles. The van der Waals surface area contributed by atoms with Crippen molar-refractivity contribution in [3.8, 4) is 6.01 Å². The Morgan fingerprint density at radius 2 is 2.12 bits per heavy atom. The van der Waals surface area contributed by atoms with E-state index in [1.54, 1.807) is 7.05 Å². The van der Waals surface area contributed by atoms with Gasteiger partial charge in [-0.2, -0.15) is 15.0 Å². The summed E-state index contributed by atoms with van der Waals surface area (Å²) in [4.78, 5) is 11.7. The molecule has 9 nitrogen and oxygen atoms in total. The smallest absolute Gasteiger partial charge is 0.321 e. The summed E-state index contributed by atoms with van der Waals surface area (Å²) in [6.45, 7) is 0. The third-order valence-electron chi connectivity index (χ3n) is 1.56. The first-order valence-electron chi connectivity index (χ1n) is 4.15. The van der Waals surface area contributed by atoms with Gasteiger partial charge >= 0.3 is 6.01 Å². The van der Waals surface area contributed by atoms with Gasteiger partial charge in [0.1, 0.15) is 0 Å². The number of nitrogens with zero attached hydrogens (tertiary/aromatic N) is 7. The minimum absolute atomic E-state index is 0.0875. The van der Waals surface area contributed by atoms with Crippen molar-refractivity contribution < 1.29 is 4.74 Å². The van der Waals surface area contributed by atoms with E-state index < -0.39 is 0 Å². The minimum atomic E-state index is 0.0875. The lowest BCUT2D eigenvalue weighted by Crippen LogP contribution is -2.02. The first-order valence-corrected chi connectivity index (χ1v) is 4.96. The fourth-order valence-corrected chi connectivity index (χ4v) is 1.55. The van der Waals surface area contributed by atoms with Crippen molar-refractivity contribution in [1.82, 2.24) is 35.2 Å². The zero-order valence-electron chi connectivity index (χ0n) is 8.52. The van der Waals surface area contributed by atoms with Crippen LogP contribution in [0.1, 0.15) is 0 Å². The molecule has 0 aliphatic carbocycles. The Morgan fingerprint density at radius 1 is 1.31 bits per heavy atom. The second-order valence-electron chi connectivity index (χ2n) is 2.65. The van der Waals surface area contributed by atoms with Gasteiger partial charge in [0.2, 0.25) is 16.3 Å².